The van der Waals surface area contributed by atoms with E-state index < -0.39 is 18.1 Å². The van der Waals surface area contributed by atoms with Crippen molar-refractivity contribution in [2.75, 3.05) is 6.61 Å². The van der Waals surface area contributed by atoms with Gasteiger partial charge in [0, 0.05) is 28.9 Å². The number of aliphatic hydroxyl groups excluding tert-OH is 2. The summed E-state index contributed by atoms with van der Waals surface area (Å²) in [6.45, 7) is 7.86. The van der Waals surface area contributed by atoms with Crippen LogP contribution in [0, 0.1) is 13.8 Å². The van der Waals surface area contributed by atoms with Crippen LogP contribution in [0.5, 0.6) is 5.75 Å². The molecule has 2 heterocycles. The Bertz CT molecular complexity index is 1140. The third kappa shape index (κ3) is 6.18. The number of hydrogen-bond acceptors (Lipinski definition) is 8. The quantitative estimate of drug-likeness (QED) is 0.389. The van der Waals surface area contributed by atoms with Crippen LogP contribution in [0.4, 0.5) is 0 Å². The number of hydrogen-bond donors (Lipinski definition) is 3. The molecular weight excluding hydrogens is 436 g/mol. The highest BCUT2D eigenvalue weighted by molar-refractivity contribution is 5.78. The molecule has 1 amide bonds. The van der Waals surface area contributed by atoms with E-state index in [0.717, 1.165) is 46.5 Å². The minimum Gasteiger partial charge on any atom is -0.490 e. The molecule has 1 aromatic carbocycles. The molecular formula is C25H32N4O5. The summed E-state index contributed by atoms with van der Waals surface area (Å²) in [6.07, 6.45) is -0.0803. The molecule has 34 heavy (non-hydrogen) atoms. The van der Waals surface area contributed by atoms with Gasteiger partial charge >= 0.3 is 0 Å². The van der Waals surface area contributed by atoms with Crippen molar-refractivity contribution in [3.05, 3.63) is 46.8 Å². The van der Waals surface area contributed by atoms with Crippen LogP contribution in [-0.4, -0.2) is 50.1 Å². The van der Waals surface area contributed by atoms with E-state index in [1.165, 1.54) is 0 Å². The maximum atomic E-state index is 11.0. The lowest BCUT2D eigenvalue weighted by Gasteiger charge is -2.18. The highest BCUT2D eigenvalue weighted by Gasteiger charge is 2.19. The van der Waals surface area contributed by atoms with E-state index in [9.17, 15) is 15.0 Å². The molecule has 2 aromatic heterocycles. The number of ether oxygens (including phenoxy) is 1. The predicted molar refractivity (Wildman–Crippen MR) is 127 cm³/mol. The Morgan fingerprint density at radius 1 is 1.09 bits per heavy atom. The van der Waals surface area contributed by atoms with Gasteiger partial charge in [0.25, 0.3) is 0 Å². The van der Waals surface area contributed by atoms with Gasteiger partial charge in [-0.25, -0.2) is 0 Å². The molecule has 9 nitrogen and oxygen atoms in total. The lowest BCUT2D eigenvalue weighted by molar-refractivity contribution is -0.127. The van der Waals surface area contributed by atoms with Gasteiger partial charge in [0.15, 0.2) is 0 Å². The maximum Gasteiger partial charge on any atom is 0.248 e. The topological polar surface area (TPSA) is 145 Å². The van der Waals surface area contributed by atoms with Crippen molar-refractivity contribution in [1.82, 2.24) is 15.2 Å². The molecule has 0 radical (unpaired) electrons. The number of aromatic nitrogens is 3. The van der Waals surface area contributed by atoms with Crippen LogP contribution in [0.3, 0.4) is 0 Å². The zero-order chi connectivity index (χ0) is 24.8. The summed E-state index contributed by atoms with van der Waals surface area (Å²) in [7, 11) is 0. The predicted octanol–water partition coefficient (Wildman–Crippen LogP) is 2.91. The van der Waals surface area contributed by atoms with Crippen molar-refractivity contribution in [2.45, 2.75) is 65.6 Å². The van der Waals surface area contributed by atoms with E-state index in [-0.39, 0.29) is 13.0 Å². The first-order valence-electron chi connectivity index (χ1n) is 11.4. The molecule has 0 aliphatic rings. The standard InChI is InChI=1S/C25H32N4O5/c1-5-7-19-11-18(9-15(4)27-19)25-29-28-24(34-25)17-8-14(3)22(16(6-2)10-17)33-13-20(30)12-21(31)23(26)32/h8-11,20-21,30-31H,5-7,12-13H2,1-4H3,(H2,26,32)/t20-,21?/m0/s1. The number of amides is 1. The van der Waals surface area contributed by atoms with E-state index >= 15 is 0 Å². The number of aryl methyl sites for hydroxylation is 4. The second kappa shape index (κ2) is 11.2. The van der Waals surface area contributed by atoms with Gasteiger partial charge in [-0.1, -0.05) is 20.3 Å². The number of benzene rings is 1. The first-order chi connectivity index (χ1) is 16.2. The molecule has 2 atom stereocenters. The molecule has 182 valence electrons. The van der Waals surface area contributed by atoms with Crippen LogP contribution in [0.15, 0.2) is 28.7 Å². The normalized spacial score (nSPS) is 13.0. The van der Waals surface area contributed by atoms with Crippen molar-refractivity contribution < 1.29 is 24.2 Å². The molecule has 0 saturated carbocycles. The summed E-state index contributed by atoms with van der Waals surface area (Å²) in [4.78, 5) is 15.5. The largest absolute Gasteiger partial charge is 0.490 e. The first kappa shape index (κ1) is 25.3. The van der Waals surface area contributed by atoms with E-state index in [4.69, 9.17) is 14.9 Å². The van der Waals surface area contributed by atoms with E-state index in [1.54, 1.807) is 0 Å². The molecule has 1 unspecified atom stereocenters. The molecule has 0 saturated heterocycles. The molecule has 9 heteroatoms. The number of pyridine rings is 1. The number of nitrogens with zero attached hydrogens (tertiary/aromatic N) is 3. The zero-order valence-electron chi connectivity index (χ0n) is 20.0. The van der Waals surface area contributed by atoms with Gasteiger partial charge in [0.05, 0.1) is 6.10 Å². The van der Waals surface area contributed by atoms with Crippen molar-refractivity contribution in [1.29, 1.82) is 0 Å². The summed E-state index contributed by atoms with van der Waals surface area (Å²) < 4.78 is 11.8. The second-order valence-corrected chi connectivity index (χ2v) is 8.40. The lowest BCUT2D eigenvalue weighted by Crippen LogP contribution is -2.33. The minimum absolute atomic E-state index is 0.0796. The molecule has 4 N–H and O–H groups in total. The highest BCUT2D eigenvalue weighted by Crippen LogP contribution is 2.32. The third-order valence-electron chi connectivity index (χ3n) is 5.41. The summed E-state index contributed by atoms with van der Waals surface area (Å²) in [5.41, 5.74) is 10.3. The SMILES string of the molecule is CCCc1cc(-c2nnc(-c3cc(C)c(OC[C@@H](O)CC(O)C(N)=O)c(CC)c3)o2)cc(C)n1. The van der Waals surface area contributed by atoms with Crippen molar-refractivity contribution in [2.24, 2.45) is 5.73 Å². The van der Waals surface area contributed by atoms with Gasteiger partial charge in [0.2, 0.25) is 17.7 Å². The van der Waals surface area contributed by atoms with Gasteiger partial charge in [0.1, 0.15) is 18.5 Å². The van der Waals surface area contributed by atoms with E-state index in [2.05, 4.69) is 22.1 Å². The summed E-state index contributed by atoms with van der Waals surface area (Å²) in [5, 5.41) is 28.1. The van der Waals surface area contributed by atoms with Crippen LogP contribution < -0.4 is 10.5 Å². The Morgan fingerprint density at radius 2 is 1.76 bits per heavy atom. The number of aliphatic hydroxyl groups is 2. The third-order valence-corrected chi connectivity index (χ3v) is 5.41. The fourth-order valence-electron chi connectivity index (χ4n) is 3.76. The Balaban J connectivity index is 1.81. The monoisotopic (exact) mass is 468 g/mol. The fourth-order valence-corrected chi connectivity index (χ4v) is 3.76. The average Bonchev–Trinajstić information content (AvgIpc) is 3.28. The van der Waals surface area contributed by atoms with Gasteiger partial charge < -0.3 is 25.1 Å². The van der Waals surface area contributed by atoms with Crippen LogP contribution in [0.1, 0.15) is 49.2 Å². The zero-order valence-corrected chi connectivity index (χ0v) is 20.0. The van der Waals surface area contributed by atoms with Crippen LogP contribution in [0.25, 0.3) is 22.9 Å². The minimum atomic E-state index is -1.42. The van der Waals surface area contributed by atoms with Crippen LogP contribution in [0.2, 0.25) is 0 Å². The fraction of sp³-hybridized carbons (Fsp3) is 0.440. The second-order valence-electron chi connectivity index (χ2n) is 8.40. The van der Waals surface area contributed by atoms with Gasteiger partial charge in [-0.05, 0) is 62.1 Å². The average molecular weight is 469 g/mol. The van der Waals surface area contributed by atoms with E-state index in [1.807, 2.05) is 45.0 Å². The van der Waals surface area contributed by atoms with Gasteiger partial charge in [-0.3, -0.25) is 9.78 Å². The van der Waals surface area contributed by atoms with E-state index in [0.29, 0.717) is 24.0 Å². The Kier molecular flexibility index (Phi) is 8.36. The number of primary amides is 1. The molecule has 0 bridgehead atoms. The number of rotatable bonds is 11. The van der Waals surface area contributed by atoms with Crippen LogP contribution in [-0.2, 0) is 17.6 Å². The van der Waals surface area contributed by atoms with Gasteiger partial charge in [-0.15, -0.1) is 10.2 Å². The smallest absolute Gasteiger partial charge is 0.248 e. The Hall–Kier alpha value is -3.30. The summed E-state index contributed by atoms with van der Waals surface area (Å²) in [6, 6.07) is 7.71. The van der Waals surface area contributed by atoms with Crippen molar-refractivity contribution >= 4 is 5.91 Å². The summed E-state index contributed by atoms with van der Waals surface area (Å²) in [5.74, 6) is 0.587. The Morgan fingerprint density at radius 3 is 2.38 bits per heavy atom. The van der Waals surface area contributed by atoms with Crippen molar-refractivity contribution in [3.8, 4) is 28.7 Å². The Labute approximate surface area is 199 Å². The molecule has 3 aromatic rings. The van der Waals surface area contributed by atoms with Crippen molar-refractivity contribution in [3.63, 3.8) is 0 Å². The maximum absolute atomic E-state index is 11.0. The number of carbonyl (C=O) groups is 1. The van der Waals surface area contributed by atoms with Gasteiger partial charge in [-0.2, -0.15) is 0 Å². The highest BCUT2D eigenvalue weighted by atomic mass is 16.5. The molecule has 3 rings (SSSR count). The van der Waals surface area contributed by atoms with Crippen LogP contribution >= 0.6 is 0 Å². The lowest BCUT2D eigenvalue weighted by atomic mass is 10.0. The number of nitrogens with two attached hydrogens (primary N) is 1. The number of carbonyl (C=O) groups excluding carboxylic acids is 1. The first-order valence-corrected chi connectivity index (χ1v) is 11.4. The molecule has 0 aliphatic heterocycles. The molecule has 0 fully saturated rings. The molecule has 0 spiro atoms. The molecule has 0 aliphatic carbocycles. The summed E-state index contributed by atoms with van der Waals surface area (Å²) >= 11 is 0.